The summed E-state index contributed by atoms with van der Waals surface area (Å²) in [6.45, 7) is 7.41. The Bertz CT molecular complexity index is 1070. The fourth-order valence-electron chi connectivity index (χ4n) is 3.96. The smallest absolute Gasteiger partial charge is 0.464 e. The molecule has 0 N–H and O–H groups in total. The number of carbonyl (C=O) groups is 1. The predicted octanol–water partition coefficient (Wildman–Crippen LogP) is 7.02. The van der Waals surface area contributed by atoms with Crippen LogP contribution in [0.1, 0.15) is 62.8 Å². The van der Waals surface area contributed by atoms with Crippen molar-refractivity contribution < 1.29 is 23.7 Å². The average Bonchev–Trinajstić information content (AvgIpc) is 2.78. The number of carbonyl (C=O) groups excluding carboxylic acids is 1. The van der Waals surface area contributed by atoms with Gasteiger partial charge in [-0.25, -0.2) is 4.79 Å². The molecule has 0 fully saturated rings. The molecule has 0 radical (unpaired) electrons. The van der Waals surface area contributed by atoms with Crippen LogP contribution in [0.15, 0.2) is 78.9 Å². The van der Waals surface area contributed by atoms with Gasteiger partial charge in [-0.2, -0.15) is 0 Å². The number of ether oxygens (including phenoxy) is 4. The van der Waals surface area contributed by atoms with Gasteiger partial charge in [0.25, 0.3) is 0 Å². The van der Waals surface area contributed by atoms with Crippen LogP contribution < -0.4 is 9.47 Å². The number of rotatable bonds is 5. The Morgan fingerprint density at radius 2 is 1.64 bits per heavy atom. The minimum absolute atomic E-state index is 0.0958. The second-order valence-electron chi connectivity index (χ2n) is 9.20. The van der Waals surface area contributed by atoms with Gasteiger partial charge in [0, 0.05) is 24.0 Å². The van der Waals surface area contributed by atoms with Gasteiger partial charge in [-0.1, -0.05) is 66.7 Å². The Labute approximate surface area is 195 Å². The molecule has 3 aromatic carbocycles. The van der Waals surface area contributed by atoms with Gasteiger partial charge in [0.15, 0.2) is 0 Å². The Kier molecular flexibility index (Phi) is 6.70. The molecule has 4 rings (SSSR count). The van der Waals surface area contributed by atoms with Gasteiger partial charge < -0.3 is 18.9 Å². The normalized spacial score (nSPS) is 18.5. The first-order chi connectivity index (χ1) is 15.8. The molecular weight excluding hydrogens is 416 g/mol. The maximum Gasteiger partial charge on any atom is 0.514 e. The molecule has 0 unspecified atom stereocenters. The third-order valence-electron chi connectivity index (χ3n) is 5.46. The van der Waals surface area contributed by atoms with E-state index in [0.717, 1.165) is 11.1 Å². The van der Waals surface area contributed by atoms with E-state index in [1.807, 2.05) is 61.5 Å². The van der Waals surface area contributed by atoms with Crippen molar-refractivity contribution in [2.75, 3.05) is 0 Å². The summed E-state index contributed by atoms with van der Waals surface area (Å²) >= 11 is 0. The molecule has 0 amide bonds. The van der Waals surface area contributed by atoms with Crippen molar-refractivity contribution in [3.05, 3.63) is 95.6 Å². The van der Waals surface area contributed by atoms with E-state index in [1.165, 1.54) is 5.56 Å². The highest BCUT2D eigenvalue weighted by Gasteiger charge is 2.32. The molecule has 0 spiro atoms. The lowest BCUT2D eigenvalue weighted by atomic mass is 9.86. The van der Waals surface area contributed by atoms with Crippen LogP contribution in [0, 0.1) is 0 Å². The second-order valence-corrected chi connectivity index (χ2v) is 9.20. The zero-order chi connectivity index (χ0) is 23.4. The Morgan fingerprint density at radius 1 is 0.970 bits per heavy atom. The van der Waals surface area contributed by atoms with E-state index >= 15 is 0 Å². The van der Waals surface area contributed by atoms with Gasteiger partial charge >= 0.3 is 6.16 Å². The van der Waals surface area contributed by atoms with Crippen LogP contribution in [-0.2, 0) is 9.47 Å². The molecule has 5 heteroatoms. The summed E-state index contributed by atoms with van der Waals surface area (Å²) in [6.07, 6.45) is -0.645. The van der Waals surface area contributed by atoms with Crippen molar-refractivity contribution >= 4 is 6.16 Å². The predicted molar refractivity (Wildman–Crippen MR) is 127 cm³/mol. The zero-order valence-corrected chi connectivity index (χ0v) is 19.5. The summed E-state index contributed by atoms with van der Waals surface area (Å²) in [5.41, 5.74) is 2.67. The minimum atomic E-state index is -0.747. The Hall–Kier alpha value is -3.31. The molecular formula is C28H30O5. The Morgan fingerprint density at radius 3 is 2.30 bits per heavy atom. The lowest BCUT2D eigenvalue weighted by Gasteiger charge is -2.34. The number of benzene rings is 3. The van der Waals surface area contributed by atoms with E-state index < -0.39 is 18.0 Å². The van der Waals surface area contributed by atoms with Crippen molar-refractivity contribution in [2.45, 2.75) is 58.0 Å². The van der Waals surface area contributed by atoms with Crippen LogP contribution in [0.2, 0.25) is 0 Å². The van der Waals surface area contributed by atoms with E-state index in [9.17, 15) is 4.79 Å². The third kappa shape index (κ3) is 5.93. The second kappa shape index (κ2) is 9.67. The molecule has 0 saturated heterocycles. The van der Waals surface area contributed by atoms with E-state index in [4.69, 9.17) is 18.9 Å². The van der Waals surface area contributed by atoms with Gasteiger partial charge in [-0.3, -0.25) is 0 Å². The molecule has 5 nitrogen and oxygen atoms in total. The monoisotopic (exact) mass is 446 g/mol. The SMILES string of the molecule is C[C@H](O[C@@H]1C[C@H](c2ccccc2)c2ccc(OC(=O)OC(C)(C)C)cc2O1)c1ccccc1. The molecule has 0 bridgehead atoms. The summed E-state index contributed by atoms with van der Waals surface area (Å²) in [6, 6.07) is 25.8. The quantitative estimate of drug-likeness (QED) is 0.311. The average molecular weight is 447 g/mol. The van der Waals surface area contributed by atoms with Crippen molar-refractivity contribution in [1.82, 2.24) is 0 Å². The van der Waals surface area contributed by atoms with Gasteiger partial charge in [-0.05, 0) is 44.9 Å². The van der Waals surface area contributed by atoms with E-state index in [2.05, 4.69) is 12.1 Å². The van der Waals surface area contributed by atoms with Crippen LogP contribution in [0.25, 0.3) is 0 Å². The molecule has 172 valence electrons. The van der Waals surface area contributed by atoms with Gasteiger partial charge in [0.1, 0.15) is 17.1 Å². The van der Waals surface area contributed by atoms with Gasteiger partial charge in [0.05, 0.1) is 6.10 Å². The number of hydrogen-bond donors (Lipinski definition) is 0. The molecule has 0 aliphatic carbocycles. The lowest BCUT2D eigenvalue weighted by molar-refractivity contribution is -0.127. The molecule has 3 atom stereocenters. The number of hydrogen-bond acceptors (Lipinski definition) is 5. The fraction of sp³-hybridized carbons (Fsp3) is 0.321. The van der Waals surface area contributed by atoms with Crippen molar-refractivity contribution in [3.63, 3.8) is 0 Å². The van der Waals surface area contributed by atoms with E-state index in [1.54, 1.807) is 32.9 Å². The maximum atomic E-state index is 12.1. The molecule has 0 aromatic heterocycles. The largest absolute Gasteiger partial charge is 0.514 e. The first kappa shape index (κ1) is 22.9. The molecule has 0 saturated carbocycles. The van der Waals surface area contributed by atoms with Gasteiger partial charge in [-0.15, -0.1) is 0 Å². The van der Waals surface area contributed by atoms with Crippen molar-refractivity contribution in [2.24, 2.45) is 0 Å². The number of fused-ring (bicyclic) bond motifs is 1. The van der Waals surface area contributed by atoms with E-state index in [-0.39, 0.29) is 12.0 Å². The summed E-state index contributed by atoms with van der Waals surface area (Å²) in [5.74, 6) is 1.10. The maximum absolute atomic E-state index is 12.1. The summed E-state index contributed by atoms with van der Waals surface area (Å²) in [7, 11) is 0. The highest BCUT2D eigenvalue weighted by molar-refractivity contribution is 5.65. The van der Waals surface area contributed by atoms with Crippen molar-refractivity contribution in [1.29, 1.82) is 0 Å². The first-order valence-electron chi connectivity index (χ1n) is 11.3. The highest BCUT2D eigenvalue weighted by Crippen LogP contribution is 2.43. The lowest BCUT2D eigenvalue weighted by Crippen LogP contribution is -2.30. The first-order valence-corrected chi connectivity index (χ1v) is 11.3. The minimum Gasteiger partial charge on any atom is -0.464 e. The Balaban J connectivity index is 1.59. The molecule has 33 heavy (non-hydrogen) atoms. The topological polar surface area (TPSA) is 54.0 Å². The molecule has 3 aromatic rings. The van der Waals surface area contributed by atoms with Crippen LogP contribution in [0.4, 0.5) is 4.79 Å². The molecule has 1 aliphatic rings. The summed E-state index contributed by atoms with van der Waals surface area (Å²) in [5, 5.41) is 0. The summed E-state index contributed by atoms with van der Waals surface area (Å²) < 4.78 is 23.2. The molecule has 1 aliphatic heterocycles. The van der Waals surface area contributed by atoms with E-state index in [0.29, 0.717) is 17.9 Å². The molecule has 1 heterocycles. The van der Waals surface area contributed by atoms with Crippen LogP contribution in [-0.4, -0.2) is 18.0 Å². The zero-order valence-electron chi connectivity index (χ0n) is 19.5. The van der Waals surface area contributed by atoms with Crippen LogP contribution in [0.5, 0.6) is 11.5 Å². The summed E-state index contributed by atoms with van der Waals surface area (Å²) in [4.78, 5) is 12.1. The highest BCUT2D eigenvalue weighted by atomic mass is 16.7. The van der Waals surface area contributed by atoms with Gasteiger partial charge in [0.2, 0.25) is 6.29 Å². The standard InChI is InChI=1S/C28H30O5/c1-19(20-11-7-5-8-12-20)30-26-18-24(21-13-9-6-10-14-21)23-16-15-22(17-25(23)32-26)31-27(29)33-28(2,3)4/h5-17,19,24,26H,18H2,1-4H3/t19-,24+,26-/m0/s1. The third-order valence-corrected chi connectivity index (χ3v) is 5.46. The van der Waals surface area contributed by atoms with Crippen molar-refractivity contribution in [3.8, 4) is 11.5 Å². The van der Waals surface area contributed by atoms with Crippen LogP contribution in [0.3, 0.4) is 0 Å². The van der Waals surface area contributed by atoms with Crippen LogP contribution >= 0.6 is 0 Å². The fourth-order valence-corrected chi connectivity index (χ4v) is 3.96.